The van der Waals surface area contributed by atoms with Crippen LogP contribution in [0.15, 0.2) is 71.7 Å². The monoisotopic (exact) mass is 459 g/mol. The lowest BCUT2D eigenvalue weighted by atomic mass is 10.1. The van der Waals surface area contributed by atoms with E-state index in [9.17, 15) is 18.0 Å². The first-order valence-corrected chi connectivity index (χ1v) is 10.2. The third kappa shape index (κ3) is 6.11. The Morgan fingerprint density at radius 1 is 1.03 bits per heavy atom. The van der Waals surface area contributed by atoms with E-state index in [4.69, 9.17) is 11.6 Å². The van der Waals surface area contributed by atoms with Gasteiger partial charge in [0, 0.05) is 12.2 Å². The summed E-state index contributed by atoms with van der Waals surface area (Å²) >= 11 is 6.05. The summed E-state index contributed by atoms with van der Waals surface area (Å²) in [5, 5.41) is 6.30. The number of carbonyl (C=O) groups is 1. The molecule has 3 aromatic rings. The SMILES string of the molecule is C=Nc1cc(C(F)(F)F)ccc1NCCCc1ccc(NC(=O)c2ccccc2Cl)cc1. The lowest BCUT2D eigenvalue weighted by Crippen LogP contribution is -2.12. The molecule has 8 heteroatoms. The van der Waals surface area contributed by atoms with Crippen LogP contribution in [-0.2, 0) is 12.6 Å². The highest BCUT2D eigenvalue weighted by Gasteiger charge is 2.30. The van der Waals surface area contributed by atoms with Crippen molar-refractivity contribution >= 4 is 41.3 Å². The quantitative estimate of drug-likeness (QED) is 0.282. The maximum Gasteiger partial charge on any atom is 0.416 e. The van der Waals surface area contributed by atoms with E-state index in [1.165, 1.54) is 6.07 Å². The van der Waals surface area contributed by atoms with Crippen molar-refractivity contribution < 1.29 is 18.0 Å². The number of aryl methyl sites for hydroxylation is 1. The van der Waals surface area contributed by atoms with E-state index in [1.54, 1.807) is 24.3 Å². The van der Waals surface area contributed by atoms with Crippen LogP contribution in [0.3, 0.4) is 0 Å². The number of alkyl halides is 3. The van der Waals surface area contributed by atoms with E-state index in [1.807, 2.05) is 24.3 Å². The van der Waals surface area contributed by atoms with Crippen molar-refractivity contribution in [1.82, 2.24) is 0 Å². The lowest BCUT2D eigenvalue weighted by molar-refractivity contribution is -0.137. The first-order chi connectivity index (χ1) is 15.3. The molecule has 0 saturated carbocycles. The van der Waals surface area contributed by atoms with E-state index in [2.05, 4.69) is 22.3 Å². The van der Waals surface area contributed by atoms with Crippen LogP contribution < -0.4 is 10.6 Å². The Morgan fingerprint density at radius 3 is 2.41 bits per heavy atom. The van der Waals surface area contributed by atoms with Gasteiger partial charge in [-0.3, -0.25) is 9.79 Å². The highest BCUT2D eigenvalue weighted by Crippen LogP contribution is 2.35. The maximum atomic E-state index is 12.8. The topological polar surface area (TPSA) is 53.5 Å². The van der Waals surface area contributed by atoms with Gasteiger partial charge in [0.1, 0.15) is 0 Å². The average molecular weight is 460 g/mol. The summed E-state index contributed by atoms with van der Waals surface area (Å²) in [6.07, 6.45) is -2.91. The number of nitrogens with zero attached hydrogens (tertiary/aromatic N) is 1. The van der Waals surface area contributed by atoms with Gasteiger partial charge in [-0.2, -0.15) is 13.2 Å². The molecule has 2 N–H and O–H groups in total. The van der Waals surface area contributed by atoms with Crippen LogP contribution in [0.1, 0.15) is 27.9 Å². The van der Waals surface area contributed by atoms with Gasteiger partial charge in [0.2, 0.25) is 0 Å². The van der Waals surface area contributed by atoms with Crippen molar-refractivity contribution in [2.45, 2.75) is 19.0 Å². The highest BCUT2D eigenvalue weighted by atomic mass is 35.5. The molecule has 3 aromatic carbocycles. The fraction of sp³-hybridized carbons (Fsp3) is 0.167. The van der Waals surface area contributed by atoms with Gasteiger partial charge in [-0.25, -0.2) is 0 Å². The van der Waals surface area contributed by atoms with Gasteiger partial charge < -0.3 is 10.6 Å². The van der Waals surface area contributed by atoms with Crippen LogP contribution in [0.2, 0.25) is 5.02 Å². The van der Waals surface area contributed by atoms with E-state index >= 15 is 0 Å². The smallest absolute Gasteiger partial charge is 0.383 e. The van der Waals surface area contributed by atoms with E-state index in [-0.39, 0.29) is 11.6 Å². The Labute approximate surface area is 189 Å². The van der Waals surface area contributed by atoms with Crippen molar-refractivity contribution in [3.8, 4) is 0 Å². The number of benzene rings is 3. The zero-order valence-corrected chi connectivity index (χ0v) is 17.8. The minimum absolute atomic E-state index is 0.165. The number of hydrogen-bond donors (Lipinski definition) is 2. The Hall–Kier alpha value is -3.32. The lowest BCUT2D eigenvalue weighted by Gasteiger charge is -2.12. The van der Waals surface area contributed by atoms with Crippen LogP contribution in [0.4, 0.5) is 30.2 Å². The molecule has 0 aromatic heterocycles. The number of halogens is 4. The second-order valence-electron chi connectivity index (χ2n) is 7.05. The zero-order valence-electron chi connectivity index (χ0n) is 17.0. The normalized spacial score (nSPS) is 11.1. The molecule has 0 heterocycles. The molecule has 0 atom stereocenters. The summed E-state index contributed by atoms with van der Waals surface area (Å²) in [5.74, 6) is -0.282. The van der Waals surface area contributed by atoms with Gasteiger partial charge in [-0.05, 0) is 67.6 Å². The molecule has 0 radical (unpaired) electrons. The molecule has 1 amide bonds. The Bertz CT molecular complexity index is 1100. The third-order valence-electron chi connectivity index (χ3n) is 4.78. The summed E-state index contributed by atoms with van der Waals surface area (Å²) in [6.45, 7) is 3.90. The Kier molecular flexibility index (Phi) is 7.53. The molecular formula is C24H21ClF3N3O. The van der Waals surface area contributed by atoms with E-state index < -0.39 is 11.7 Å². The molecule has 0 aliphatic rings. The average Bonchev–Trinajstić information content (AvgIpc) is 2.77. The van der Waals surface area contributed by atoms with Gasteiger partial charge in [0.05, 0.1) is 27.5 Å². The number of carbonyl (C=O) groups excluding carboxylic acids is 1. The molecule has 3 rings (SSSR count). The molecule has 32 heavy (non-hydrogen) atoms. The summed E-state index contributed by atoms with van der Waals surface area (Å²) in [6, 6.07) is 17.6. The van der Waals surface area contributed by atoms with Crippen molar-refractivity contribution in [1.29, 1.82) is 0 Å². The minimum Gasteiger partial charge on any atom is -0.383 e. The third-order valence-corrected chi connectivity index (χ3v) is 5.11. The van der Waals surface area contributed by atoms with Gasteiger partial charge in [0.25, 0.3) is 5.91 Å². The molecule has 0 aliphatic heterocycles. The van der Waals surface area contributed by atoms with Crippen molar-refractivity contribution in [3.63, 3.8) is 0 Å². The van der Waals surface area contributed by atoms with Crippen LogP contribution in [0.25, 0.3) is 0 Å². The van der Waals surface area contributed by atoms with E-state index in [0.29, 0.717) is 28.5 Å². The summed E-state index contributed by atoms with van der Waals surface area (Å²) in [7, 11) is 0. The maximum absolute atomic E-state index is 12.8. The fourth-order valence-electron chi connectivity index (χ4n) is 3.10. The van der Waals surface area contributed by atoms with Gasteiger partial charge in [-0.1, -0.05) is 35.9 Å². The molecule has 166 valence electrons. The largest absolute Gasteiger partial charge is 0.416 e. The summed E-state index contributed by atoms with van der Waals surface area (Å²) in [4.78, 5) is 16.0. The number of rotatable bonds is 8. The number of hydrogen-bond acceptors (Lipinski definition) is 3. The van der Waals surface area contributed by atoms with Crippen LogP contribution in [0, 0.1) is 0 Å². The second-order valence-corrected chi connectivity index (χ2v) is 7.46. The van der Waals surface area contributed by atoms with Crippen molar-refractivity contribution in [2.75, 3.05) is 17.2 Å². The number of amides is 1. The molecule has 0 fully saturated rings. The van der Waals surface area contributed by atoms with Crippen LogP contribution in [-0.4, -0.2) is 19.2 Å². The van der Waals surface area contributed by atoms with E-state index in [0.717, 1.165) is 30.5 Å². The highest BCUT2D eigenvalue weighted by molar-refractivity contribution is 6.34. The second kappa shape index (κ2) is 10.3. The van der Waals surface area contributed by atoms with Gasteiger partial charge in [0.15, 0.2) is 0 Å². The Balaban J connectivity index is 1.50. The summed E-state index contributed by atoms with van der Waals surface area (Å²) < 4.78 is 38.5. The van der Waals surface area contributed by atoms with Crippen molar-refractivity contribution in [3.05, 3.63) is 88.4 Å². The number of anilines is 2. The molecule has 0 aliphatic carbocycles. The van der Waals surface area contributed by atoms with Crippen molar-refractivity contribution in [2.24, 2.45) is 4.99 Å². The molecule has 4 nitrogen and oxygen atoms in total. The fourth-order valence-corrected chi connectivity index (χ4v) is 3.32. The first kappa shape index (κ1) is 23.3. The van der Waals surface area contributed by atoms with Gasteiger partial charge >= 0.3 is 6.18 Å². The van der Waals surface area contributed by atoms with Crippen LogP contribution >= 0.6 is 11.6 Å². The molecule has 0 unspecified atom stereocenters. The molecule has 0 saturated heterocycles. The number of aliphatic imine (C=N–C) groups is 1. The Morgan fingerprint density at radius 2 is 1.75 bits per heavy atom. The summed E-state index contributed by atoms with van der Waals surface area (Å²) in [5.41, 5.74) is 2.04. The predicted molar refractivity (Wildman–Crippen MR) is 123 cm³/mol. The number of nitrogens with one attached hydrogen (secondary N) is 2. The van der Waals surface area contributed by atoms with Crippen LogP contribution in [0.5, 0.6) is 0 Å². The first-order valence-electron chi connectivity index (χ1n) is 9.84. The predicted octanol–water partition coefficient (Wildman–Crippen LogP) is 6.99. The molecule has 0 spiro atoms. The minimum atomic E-state index is -4.42. The van der Waals surface area contributed by atoms with Gasteiger partial charge in [-0.15, -0.1) is 0 Å². The molecule has 0 bridgehead atoms. The standard InChI is InChI=1S/C24H21ClF3N3O/c1-29-22-15-17(24(26,27)28)10-13-21(22)30-14-4-5-16-8-11-18(12-9-16)31-23(32)19-6-2-3-7-20(19)25/h2-3,6-13,15,30H,1,4-5,14H2,(H,31,32). The molecular weight excluding hydrogens is 439 g/mol. The zero-order chi connectivity index (χ0) is 23.1.